The van der Waals surface area contributed by atoms with Crippen LogP contribution in [0, 0.1) is 11.6 Å². The Bertz CT molecular complexity index is 1190. The Kier molecular flexibility index (Phi) is 7.95. The van der Waals surface area contributed by atoms with Crippen LogP contribution in [0.5, 0.6) is 5.75 Å². The van der Waals surface area contributed by atoms with Crippen LogP contribution in [0.15, 0.2) is 78.9 Å². The lowest BCUT2D eigenvalue weighted by Crippen LogP contribution is -2.58. The number of carbonyl (C=O) groups excluding carboxylic acids is 2. The topological polar surface area (TPSA) is 59.1 Å². The van der Waals surface area contributed by atoms with E-state index in [9.17, 15) is 18.4 Å². The van der Waals surface area contributed by atoms with Gasteiger partial charge in [-0.2, -0.15) is 0 Å². The minimum absolute atomic E-state index is 0.0340. The fraction of sp³-hybridized carbons (Fsp3) is 0.286. The molecule has 1 heterocycles. The zero-order valence-electron chi connectivity index (χ0n) is 20.0. The second-order valence-corrected chi connectivity index (χ2v) is 8.89. The highest BCUT2D eigenvalue weighted by molar-refractivity contribution is 5.94. The summed E-state index contributed by atoms with van der Waals surface area (Å²) in [6.07, 6.45) is -0.0570. The van der Waals surface area contributed by atoms with Gasteiger partial charge in [-0.25, -0.2) is 8.78 Å². The van der Waals surface area contributed by atoms with Gasteiger partial charge in [0.1, 0.15) is 29.6 Å². The predicted octanol–water partition coefficient (Wildman–Crippen LogP) is 4.30. The summed E-state index contributed by atoms with van der Waals surface area (Å²) in [6, 6.07) is 20.9. The van der Waals surface area contributed by atoms with E-state index in [0.29, 0.717) is 12.3 Å². The smallest absolute Gasteiger partial charge is 0.257 e. The lowest BCUT2D eigenvalue weighted by Gasteiger charge is -2.42. The van der Waals surface area contributed by atoms with Crippen LogP contribution in [0.25, 0.3) is 0 Å². The molecule has 1 fully saturated rings. The van der Waals surface area contributed by atoms with E-state index in [1.54, 1.807) is 18.0 Å². The average molecular weight is 495 g/mol. The molecule has 36 heavy (non-hydrogen) atoms. The minimum atomic E-state index is -1.17. The van der Waals surface area contributed by atoms with Crippen molar-refractivity contribution in [2.75, 3.05) is 33.4 Å². The maximum absolute atomic E-state index is 14.3. The lowest BCUT2D eigenvalue weighted by molar-refractivity contribution is -0.152. The molecule has 0 unspecified atom stereocenters. The largest absolute Gasteiger partial charge is 0.490 e. The third-order valence-corrected chi connectivity index (χ3v) is 6.12. The summed E-state index contributed by atoms with van der Waals surface area (Å²) >= 11 is 0. The van der Waals surface area contributed by atoms with Gasteiger partial charge in [0.2, 0.25) is 5.91 Å². The van der Waals surface area contributed by atoms with Gasteiger partial charge in [-0.1, -0.05) is 42.5 Å². The maximum Gasteiger partial charge on any atom is 0.257 e. The van der Waals surface area contributed by atoms with Gasteiger partial charge >= 0.3 is 0 Å². The van der Waals surface area contributed by atoms with Crippen molar-refractivity contribution in [2.24, 2.45) is 0 Å². The first-order valence-corrected chi connectivity index (χ1v) is 11.7. The van der Waals surface area contributed by atoms with E-state index in [2.05, 4.69) is 0 Å². The fourth-order valence-corrected chi connectivity index (χ4v) is 4.17. The second-order valence-electron chi connectivity index (χ2n) is 8.89. The zero-order valence-corrected chi connectivity index (χ0v) is 20.0. The molecule has 0 saturated carbocycles. The lowest BCUT2D eigenvalue weighted by atomic mass is 9.96. The van der Waals surface area contributed by atoms with Crippen molar-refractivity contribution in [1.29, 1.82) is 0 Å². The first-order valence-electron chi connectivity index (χ1n) is 11.7. The highest BCUT2D eigenvalue weighted by Crippen LogP contribution is 2.27. The van der Waals surface area contributed by atoms with E-state index >= 15 is 0 Å². The van der Waals surface area contributed by atoms with Gasteiger partial charge in [0, 0.05) is 20.1 Å². The molecule has 0 bridgehead atoms. The fourth-order valence-electron chi connectivity index (χ4n) is 4.17. The monoisotopic (exact) mass is 494 g/mol. The SMILES string of the molecule is CN(Cc1ccccc1)C(=O)C[C@@]1(COc2ccc(F)cc2)CN(C(=O)c2ccccc2F)CCO1. The summed E-state index contributed by atoms with van der Waals surface area (Å²) < 4.78 is 39.6. The number of carbonyl (C=O) groups is 2. The Hall–Kier alpha value is -3.78. The molecule has 0 aliphatic carbocycles. The molecule has 188 valence electrons. The van der Waals surface area contributed by atoms with E-state index in [0.717, 1.165) is 5.56 Å². The quantitative estimate of drug-likeness (QED) is 0.469. The molecular weight excluding hydrogens is 466 g/mol. The summed E-state index contributed by atoms with van der Waals surface area (Å²) in [4.78, 5) is 29.5. The molecule has 0 N–H and O–H groups in total. The van der Waals surface area contributed by atoms with Crippen LogP contribution in [0.3, 0.4) is 0 Å². The molecule has 1 atom stereocenters. The van der Waals surface area contributed by atoms with Crippen molar-refractivity contribution in [1.82, 2.24) is 9.80 Å². The van der Waals surface area contributed by atoms with Gasteiger partial charge in [-0.15, -0.1) is 0 Å². The summed E-state index contributed by atoms with van der Waals surface area (Å²) in [5.74, 6) is -1.28. The molecule has 1 saturated heterocycles. The molecule has 4 rings (SSSR count). The highest BCUT2D eigenvalue weighted by atomic mass is 19.1. The third-order valence-electron chi connectivity index (χ3n) is 6.12. The number of benzene rings is 3. The van der Waals surface area contributed by atoms with E-state index in [1.807, 2.05) is 30.3 Å². The number of hydrogen-bond acceptors (Lipinski definition) is 4. The minimum Gasteiger partial charge on any atom is -0.490 e. The molecule has 6 nitrogen and oxygen atoms in total. The average Bonchev–Trinajstić information content (AvgIpc) is 2.89. The van der Waals surface area contributed by atoms with Crippen molar-refractivity contribution in [3.8, 4) is 5.75 Å². The van der Waals surface area contributed by atoms with Crippen LogP contribution in [0.4, 0.5) is 8.78 Å². The molecule has 3 aromatic rings. The normalized spacial score (nSPS) is 17.5. The number of halogens is 2. The first-order chi connectivity index (χ1) is 17.3. The van der Waals surface area contributed by atoms with Crippen LogP contribution < -0.4 is 4.74 Å². The summed E-state index contributed by atoms with van der Waals surface area (Å²) in [5.41, 5.74) is -0.235. The van der Waals surface area contributed by atoms with Crippen LogP contribution in [0.1, 0.15) is 22.3 Å². The van der Waals surface area contributed by atoms with Crippen molar-refractivity contribution >= 4 is 11.8 Å². The molecule has 3 aromatic carbocycles. The standard InChI is InChI=1S/C28H28F2N2O4/c1-31(18-21-7-3-2-4-8-21)26(33)17-28(20-35-23-13-11-22(29)12-14-23)19-32(15-16-36-28)27(34)24-9-5-6-10-25(24)30/h2-14H,15-20H2,1H3/t28-/m0/s1. The molecule has 8 heteroatoms. The summed E-state index contributed by atoms with van der Waals surface area (Å²) in [5, 5.41) is 0. The van der Waals surface area contributed by atoms with Gasteiger partial charge in [-0.3, -0.25) is 9.59 Å². The zero-order chi connectivity index (χ0) is 25.5. The van der Waals surface area contributed by atoms with Crippen LogP contribution in [-0.4, -0.2) is 60.6 Å². The van der Waals surface area contributed by atoms with Crippen LogP contribution >= 0.6 is 0 Å². The highest BCUT2D eigenvalue weighted by Gasteiger charge is 2.42. The number of hydrogen-bond donors (Lipinski definition) is 0. The van der Waals surface area contributed by atoms with E-state index in [-0.39, 0.29) is 44.2 Å². The number of rotatable bonds is 8. The Morgan fingerprint density at radius 3 is 2.42 bits per heavy atom. The predicted molar refractivity (Wildman–Crippen MR) is 130 cm³/mol. The summed E-state index contributed by atoms with van der Waals surface area (Å²) in [6.45, 7) is 0.797. The van der Waals surface area contributed by atoms with Crippen molar-refractivity contribution in [2.45, 2.75) is 18.6 Å². The van der Waals surface area contributed by atoms with Gasteiger partial charge in [0.05, 0.1) is 25.1 Å². The van der Waals surface area contributed by atoms with Gasteiger partial charge < -0.3 is 19.3 Å². The van der Waals surface area contributed by atoms with Crippen molar-refractivity contribution in [3.05, 3.63) is 102 Å². The molecule has 1 aliphatic rings. The second kappa shape index (κ2) is 11.3. The van der Waals surface area contributed by atoms with E-state index in [1.165, 1.54) is 47.4 Å². The van der Waals surface area contributed by atoms with Crippen LogP contribution in [-0.2, 0) is 16.1 Å². The van der Waals surface area contributed by atoms with Crippen LogP contribution in [0.2, 0.25) is 0 Å². The number of morpholine rings is 1. The van der Waals surface area contributed by atoms with E-state index in [4.69, 9.17) is 9.47 Å². The molecule has 0 spiro atoms. The first kappa shape index (κ1) is 25.3. The Balaban J connectivity index is 1.53. The van der Waals surface area contributed by atoms with Crippen molar-refractivity contribution < 1.29 is 27.8 Å². The van der Waals surface area contributed by atoms with Crippen molar-refractivity contribution in [3.63, 3.8) is 0 Å². The molecule has 2 amide bonds. The Labute approximate surface area is 209 Å². The number of amides is 2. The van der Waals surface area contributed by atoms with Gasteiger partial charge in [0.25, 0.3) is 5.91 Å². The number of nitrogens with zero attached hydrogens (tertiary/aromatic N) is 2. The summed E-state index contributed by atoms with van der Waals surface area (Å²) in [7, 11) is 1.70. The third kappa shape index (κ3) is 6.26. The van der Waals surface area contributed by atoms with Gasteiger partial charge in [-0.05, 0) is 42.0 Å². The van der Waals surface area contributed by atoms with E-state index < -0.39 is 23.1 Å². The number of ether oxygens (including phenoxy) is 2. The molecule has 0 aromatic heterocycles. The van der Waals surface area contributed by atoms with Gasteiger partial charge in [0.15, 0.2) is 0 Å². The Morgan fingerprint density at radius 2 is 1.69 bits per heavy atom. The molecule has 0 radical (unpaired) electrons. The molecule has 1 aliphatic heterocycles. The Morgan fingerprint density at radius 1 is 1.00 bits per heavy atom. The molecular formula is C28H28F2N2O4. The maximum atomic E-state index is 14.3.